The maximum atomic E-state index is 14.4. The molecule has 1 atom stereocenters. The highest BCUT2D eigenvalue weighted by Gasteiger charge is 2.30. The summed E-state index contributed by atoms with van der Waals surface area (Å²) < 4.78 is 51.3. The zero-order valence-electron chi connectivity index (χ0n) is 18.7. The smallest absolute Gasteiger partial charge is 0.174 e. The van der Waals surface area contributed by atoms with Crippen molar-refractivity contribution in [3.63, 3.8) is 0 Å². The molecule has 174 valence electrons. The molecule has 0 radical (unpaired) electrons. The van der Waals surface area contributed by atoms with Crippen LogP contribution in [0.2, 0.25) is 0 Å². The van der Waals surface area contributed by atoms with E-state index in [2.05, 4.69) is 15.1 Å². The second kappa shape index (κ2) is 8.81. The lowest BCUT2D eigenvalue weighted by atomic mass is 9.90. The monoisotopic (exact) mass is 465 g/mol. The number of rotatable bonds is 5. The molecule has 1 aliphatic heterocycles. The van der Waals surface area contributed by atoms with Crippen LogP contribution in [0.1, 0.15) is 47.2 Å². The number of hydrogen-bond donors (Lipinski definition) is 0. The van der Waals surface area contributed by atoms with Gasteiger partial charge in [0.25, 0.3) is 0 Å². The second-order valence-electron chi connectivity index (χ2n) is 8.22. The van der Waals surface area contributed by atoms with Gasteiger partial charge >= 0.3 is 0 Å². The number of halogens is 3. The number of aryl methyl sites for hydroxylation is 2. The average Bonchev–Trinajstić information content (AvgIpc) is 3.43. The van der Waals surface area contributed by atoms with Gasteiger partial charge in [0, 0.05) is 36.4 Å². The number of hydrogen-bond acceptors (Lipinski definition) is 4. The molecular formula is C25H22F3N5O. The third kappa shape index (κ3) is 4.09. The first kappa shape index (κ1) is 21.9. The van der Waals surface area contributed by atoms with Crippen molar-refractivity contribution < 1.29 is 17.9 Å². The van der Waals surface area contributed by atoms with Crippen LogP contribution in [0.4, 0.5) is 13.2 Å². The van der Waals surface area contributed by atoms with E-state index in [4.69, 9.17) is 4.74 Å². The Bertz CT molecular complexity index is 1370. The van der Waals surface area contributed by atoms with E-state index in [1.54, 1.807) is 24.2 Å². The predicted octanol–water partition coefficient (Wildman–Crippen LogP) is 5.29. The standard InChI is InChI=1S/C25H22F3N5O/c1-15-13-32(14-29-15)21-7-5-16(10-22(21)34-2)6-8-23-30-25-18(4-3-9-33(25)31-23)24-19(27)11-17(26)12-20(24)28/h5-8,10-14,18H,3-4,9H2,1-2H3. The number of aromatic nitrogens is 5. The van der Waals surface area contributed by atoms with Crippen molar-refractivity contribution in [2.24, 2.45) is 0 Å². The van der Waals surface area contributed by atoms with E-state index in [0.29, 0.717) is 48.9 Å². The van der Waals surface area contributed by atoms with Crippen LogP contribution in [0, 0.1) is 24.4 Å². The molecular weight excluding hydrogens is 443 g/mol. The summed E-state index contributed by atoms with van der Waals surface area (Å²) in [5.41, 5.74) is 2.47. The lowest BCUT2D eigenvalue weighted by Gasteiger charge is -2.23. The van der Waals surface area contributed by atoms with E-state index >= 15 is 0 Å². The fraction of sp³-hybridized carbons (Fsp3) is 0.240. The molecule has 0 N–H and O–H groups in total. The van der Waals surface area contributed by atoms with Crippen LogP contribution >= 0.6 is 0 Å². The zero-order valence-corrected chi connectivity index (χ0v) is 18.7. The number of imidazole rings is 1. The maximum Gasteiger partial charge on any atom is 0.174 e. The summed E-state index contributed by atoms with van der Waals surface area (Å²) in [6.45, 7) is 2.52. The highest BCUT2D eigenvalue weighted by molar-refractivity contribution is 5.69. The summed E-state index contributed by atoms with van der Waals surface area (Å²) in [5, 5.41) is 4.49. The van der Waals surface area contributed by atoms with Gasteiger partial charge in [0.2, 0.25) is 0 Å². The second-order valence-corrected chi connectivity index (χ2v) is 8.22. The van der Waals surface area contributed by atoms with Gasteiger partial charge in [-0.15, -0.1) is 0 Å². The third-order valence-electron chi connectivity index (χ3n) is 5.90. The largest absolute Gasteiger partial charge is 0.495 e. The molecule has 0 bridgehead atoms. The van der Waals surface area contributed by atoms with Gasteiger partial charge in [-0.25, -0.2) is 27.8 Å². The van der Waals surface area contributed by atoms with Crippen LogP contribution in [0.3, 0.4) is 0 Å². The first-order valence-electron chi connectivity index (χ1n) is 10.9. The SMILES string of the molecule is COc1cc(C=Cc2nc3n(n2)CCCC3c2c(F)cc(F)cc2F)ccc1-n1cnc(C)c1. The van der Waals surface area contributed by atoms with Gasteiger partial charge in [-0.1, -0.05) is 12.1 Å². The summed E-state index contributed by atoms with van der Waals surface area (Å²) in [6.07, 6.45) is 8.43. The summed E-state index contributed by atoms with van der Waals surface area (Å²) >= 11 is 0. The van der Waals surface area contributed by atoms with Crippen LogP contribution in [0.5, 0.6) is 5.75 Å². The van der Waals surface area contributed by atoms with Gasteiger partial charge < -0.3 is 9.30 Å². The van der Waals surface area contributed by atoms with Gasteiger partial charge in [-0.2, -0.15) is 5.10 Å². The maximum absolute atomic E-state index is 14.4. The molecule has 0 amide bonds. The molecule has 0 fully saturated rings. The van der Waals surface area contributed by atoms with Crippen molar-refractivity contribution in [3.05, 3.63) is 88.8 Å². The lowest BCUT2D eigenvalue weighted by Crippen LogP contribution is -2.20. The van der Waals surface area contributed by atoms with Crippen LogP contribution in [0.25, 0.3) is 17.8 Å². The van der Waals surface area contributed by atoms with E-state index < -0.39 is 23.4 Å². The van der Waals surface area contributed by atoms with Crippen LogP contribution in [0.15, 0.2) is 42.9 Å². The molecule has 1 aliphatic rings. The topological polar surface area (TPSA) is 57.8 Å². The minimum Gasteiger partial charge on any atom is -0.495 e. The summed E-state index contributed by atoms with van der Waals surface area (Å²) in [5.74, 6) is -1.80. The molecule has 0 saturated carbocycles. The van der Waals surface area contributed by atoms with Gasteiger partial charge in [0.15, 0.2) is 5.82 Å². The molecule has 5 rings (SSSR count). The molecule has 0 aliphatic carbocycles. The van der Waals surface area contributed by atoms with Gasteiger partial charge in [0.05, 0.1) is 24.8 Å². The Kier molecular flexibility index (Phi) is 5.69. The van der Waals surface area contributed by atoms with E-state index in [1.165, 1.54) is 0 Å². The zero-order chi connectivity index (χ0) is 23.8. The highest BCUT2D eigenvalue weighted by Crippen LogP contribution is 2.35. The minimum absolute atomic E-state index is 0.166. The van der Waals surface area contributed by atoms with Gasteiger partial charge in [0.1, 0.15) is 29.0 Å². The average molecular weight is 465 g/mol. The quantitative estimate of drug-likeness (QED) is 0.402. The molecule has 4 aromatic rings. The Morgan fingerprint density at radius 3 is 2.59 bits per heavy atom. The van der Waals surface area contributed by atoms with Crippen molar-refractivity contribution in [3.8, 4) is 11.4 Å². The highest BCUT2D eigenvalue weighted by atomic mass is 19.1. The molecule has 2 aromatic carbocycles. The minimum atomic E-state index is -0.940. The van der Waals surface area contributed by atoms with Crippen molar-refractivity contribution in [1.29, 1.82) is 0 Å². The first-order chi connectivity index (χ1) is 16.4. The van der Waals surface area contributed by atoms with Crippen LogP contribution in [-0.2, 0) is 6.54 Å². The fourth-order valence-corrected chi connectivity index (χ4v) is 4.33. The van der Waals surface area contributed by atoms with Crippen LogP contribution in [-0.4, -0.2) is 31.4 Å². The number of fused-ring (bicyclic) bond motifs is 1. The predicted molar refractivity (Wildman–Crippen MR) is 121 cm³/mol. The first-order valence-corrected chi connectivity index (χ1v) is 10.9. The molecule has 6 nitrogen and oxygen atoms in total. The van der Waals surface area contributed by atoms with E-state index in [1.807, 2.05) is 42.0 Å². The summed E-state index contributed by atoms with van der Waals surface area (Å²) in [4.78, 5) is 8.78. The number of ether oxygens (including phenoxy) is 1. The summed E-state index contributed by atoms with van der Waals surface area (Å²) in [6, 6.07) is 7.17. The lowest BCUT2D eigenvalue weighted by molar-refractivity contribution is 0.413. The number of methoxy groups -OCH3 is 1. The summed E-state index contributed by atoms with van der Waals surface area (Å²) in [7, 11) is 1.61. The van der Waals surface area contributed by atoms with E-state index in [0.717, 1.165) is 16.9 Å². The Morgan fingerprint density at radius 1 is 1.09 bits per heavy atom. The molecule has 2 aromatic heterocycles. The van der Waals surface area contributed by atoms with Gasteiger partial charge in [-0.3, -0.25) is 0 Å². The molecule has 34 heavy (non-hydrogen) atoms. The van der Waals surface area contributed by atoms with E-state index in [9.17, 15) is 13.2 Å². The Morgan fingerprint density at radius 2 is 1.88 bits per heavy atom. The van der Waals surface area contributed by atoms with Crippen molar-refractivity contribution in [2.75, 3.05) is 7.11 Å². The van der Waals surface area contributed by atoms with Crippen LogP contribution < -0.4 is 4.74 Å². The Balaban J connectivity index is 1.43. The Hall–Kier alpha value is -3.88. The normalized spacial score (nSPS) is 15.6. The molecule has 9 heteroatoms. The Labute approximate surface area is 194 Å². The van der Waals surface area contributed by atoms with Crippen molar-refractivity contribution >= 4 is 12.2 Å². The fourth-order valence-electron chi connectivity index (χ4n) is 4.33. The molecule has 0 saturated heterocycles. The molecule has 1 unspecified atom stereocenters. The van der Waals surface area contributed by atoms with E-state index in [-0.39, 0.29) is 5.56 Å². The number of nitrogens with zero attached hydrogens (tertiary/aromatic N) is 5. The molecule has 3 heterocycles. The van der Waals surface area contributed by atoms with Crippen molar-refractivity contribution in [1.82, 2.24) is 24.3 Å². The molecule has 0 spiro atoms. The third-order valence-corrected chi connectivity index (χ3v) is 5.90. The van der Waals surface area contributed by atoms with Crippen molar-refractivity contribution in [2.45, 2.75) is 32.2 Å². The van der Waals surface area contributed by atoms with Gasteiger partial charge in [-0.05, 0) is 43.5 Å². The number of benzene rings is 2.